The minimum absolute atomic E-state index is 0.133. The van der Waals surface area contributed by atoms with E-state index in [0.717, 1.165) is 5.56 Å². The number of hydrogen-bond donors (Lipinski definition) is 1. The first kappa shape index (κ1) is 14.1. The summed E-state index contributed by atoms with van der Waals surface area (Å²) in [5.41, 5.74) is 1.86. The predicted molar refractivity (Wildman–Crippen MR) is 76.5 cm³/mol. The van der Waals surface area contributed by atoms with Gasteiger partial charge in [-0.25, -0.2) is 9.78 Å². The molecule has 1 aromatic carbocycles. The Hall–Kier alpha value is -2.36. The maximum absolute atomic E-state index is 11.2. The van der Waals surface area contributed by atoms with Gasteiger partial charge in [0.05, 0.1) is 5.56 Å². The van der Waals surface area contributed by atoms with E-state index in [1.165, 1.54) is 6.07 Å². The number of benzene rings is 1. The summed E-state index contributed by atoms with van der Waals surface area (Å²) >= 11 is 0. The molecule has 0 radical (unpaired) electrons. The van der Waals surface area contributed by atoms with Gasteiger partial charge in [-0.2, -0.15) is 0 Å². The number of pyridine rings is 1. The largest absolute Gasteiger partial charge is 0.478 e. The van der Waals surface area contributed by atoms with Crippen LogP contribution < -0.4 is 4.74 Å². The van der Waals surface area contributed by atoms with Crippen LogP contribution in [0, 0.1) is 6.92 Å². The summed E-state index contributed by atoms with van der Waals surface area (Å²) in [6.45, 7) is 5.86. The van der Waals surface area contributed by atoms with Crippen molar-refractivity contribution < 1.29 is 14.6 Å². The molecule has 0 bridgehead atoms. The molecule has 0 fully saturated rings. The molecule has 0 saturated carbocycles. The minimum atomic E-state index is -0.982. The van der Waals surface area contributed by atoms with Gasteiger partial charge in [0.1, 0.15) is 5.75 Å². The molecule has 0 aliphatic heterocycles. The lowest BCUT2D eigenvalue weighted by Gasteiger charge is -2.11. The molecular formula is C16H17NO3. The summed E-state index contributed by atoms with van der Waals surface area (Å²) < 4.78 is 5.72. The molecule has 0 aliphatic carbocycles. The monoisotopic (exact) mass is 271 g/mol. The van der Waals surface area contributed by atoms with Crippen LogP contribution in [0.4, 0.5) is 0 Å². The summed E-state index contributed by atoms with van der Waals surface area (Å²) in [6.07, 6.45) is 0. The van der Waals surface area contributed by atoms with Crippen molar-refractivity contribution in [1.29, 1.82) is 0 Å². The van der Waals surface area contributed by atoms with Gasteiger partial charge >= 0.3 is 5.97 Å². The molecule has 4 nitrogen and oxygen atoms in total. The number of ether oxygens (including phenoxy) is 1. The predicted octanol–water partition coefficient (Wildman–Crippen LogP) is 4.00. The van der Waals surface area contributed by atoms with Crippen LogP contribution in [0.3, 0.4) is 0 Å². The molecule has 1 heterocycles. The highest BCUT2D eigenvalue weighted by Crippen LogP contribution is 2.26. The van der Waals surface area contributed by atoms with E-state index in [1.807, 2.05) is 45.0 Å². The van der Waals surface area contributed by atoms with Crippen LogP contribution in [-0.2, 0) is 0 Å². The molecule has 1 N–H and O–H groups in total. The Bertz CT molecular complexity index is 635. The van der Waals surface area contributed by atoms with Gasteiger partial charge in [0.15, 0.2) is 0 Å². The summed E-state index contributed by atoms with van der Waals surface area (Å²) in [5, 5.41) is 9.15. The SMILES string of the molecule is Cc1ccccc1Oc1cc(C(=O)O)cc(C(C)C)n1. The normalized spacial score (nSPS) is 10.6. The molecule has 2 rings (SSSR count). The van der Waals surface area contributed by atoms with Crippen molar-refractivity contribution in [2.24, 2.45) is 0 Å². The van der Waals surface area contributed by atoms with Crippen LogP contribution in [0.15, 0.2) is 36.4 Å². The quantitative estimate of drug-likeness (QED) is 0.912. The van der Waals surface area contributed by atoms with E-state index in [9.17, 15) is 4.79 Å². The molecule has 4 heteroatoms. The molecule has 0 spiro atoms. The number of carboxylic acids is 1. The fourth-order valence-corrected chi connectivity index (χ4v) is 1.78. The smallest absolute Gasteiger partial charge is 0.335 e. The first-order chi connectivity index (χ1) is 9.47. The van der Waals surface area contributed by atoms with Crippen molar-refractivity contribution in [2.45, 2.75) is 26.7 Å². The second kappa shape index (κ2) is 5.74. The Morgan fingerprint density at radius 3 is 2.55 bits per heavy atom. The van der Waals surface area contributed by atoms with Gasteiger partial charge < -0.3 is 9.84 Å². The molecule has 1 aromatic heterocycles. The third-order valence-corrected chi connectivity index (χ3v) is 2.97. The van der Waals surface area contributed by atoms with Crippen molar-refractivity contribution in [3.8, 4) is 11.6 Å². The van der Waals surface area contributed by atoms with E-state index >= 15 is 0 Å². The Morgan fingerprint density at radius 2 is 1.95 bits per heavy atom. The third-order valence-electron chi connectivity index (χ3n) is 2.97. The summed E-state index contributed by atoms with van der Waals surface area (Å²) in [6, 6.07) is 10.6. The van der Waals surface area contributed by atoms with Crippen molar-refractivity contribution >= 4 is 5.97 Å². The fraction of sp³-hybridized carbons (Fsp3) is 0.250. The molecule has 0 amide bonds. The lowest BCUT2D eigenvalue weighted by Crippen LogP contribution is -2.03. The zero-order chi connectivity index (χ0) is 14.7. The van der Waals surface area contributed by atoms with Crippen LogP contribution in [0.2, 0.25) is 0 Å². The van der Waals surface area contributed by atoms with Crippen molar-refractivity contribution in [3.63, 3.8) is 0 Å². The number of nitrogens with zero attached hydrogens (tertiary/aromatic N) is 1. The van der Waals surface area contributed by atoms with Crippen molar-refractivity contribution in [2.75, 3.05) is 0 Å². The summed E-state index contributed by atoms with van der Waals surface area (Å²) in [4.78, 5) is 15.5. The number of carboxylic acid groups (broad SMARTS) is 1. The number of rotatable bonds is 4. The van der Waals surface area contributed by atoms with Gasteiger partial charge in [-0.15, -0.1) is 0 Å². The van der Waals surface area contributed by atoms with Crippen molar-refractivity contribution in [3.05, 3.63) is 53.2 Å². The van der Waals surface area contributed by atoms with E-state index in [2.05, 4.69) is 4.98 Å². The number of para-hydroxylation sites is 1. The molecular weight excluding hydrogens is 254 g/mol. The first-order valence-corrected chi connectivity index (χ1v) is 6.46. The highest BCUT2D eigenvalue weighted by atomic mass is 16.5. The highest BCUT2D eigenvalue weighted by Gasteiger charge is 2.12. The maximum atomic E-state index is 11.2. The van der Waals surface area contributed by atoms with Crippen LogP contribution >= 0.6 is 0 Å². The summed E-state index contributed by atoms with van der Waals surface area (Å²) in [7, 11) is 0. The highest BCUT2D eigenvalue weighted by molar-refractivity contribution is 5.88. The molecule has 0 aliphatic rings. The Balaban J connectivity index is 2.41. The van der Waals surface area contributed by atoms with Gasteiger partial charge in [-0.1, -0.05) is 32.0 Å². The van der Waals surface area contributed by atoms with Crippen LogP contribution in [0.5, 0.6) is 11.6 Å². The molecule has 2 aromatic rings. The van der Waals surface area contributed by atoms with Crippen LogP contribution in [0.25, 0.3) is 0 Å². The zero-order valence-corrected chi connectivity index (χ0v) is 11.8. The maximum Gasteiger partial charge on any atom is 0.335 e. The standard InChI is InChI=1S/C16H17NO3/c1-10(2)13-8-12(16(18)19)9-15(17-13)20-14-7-5-4-6-11(14)3/h4-10H,1-3H3,(H,18,19). The number of hydrogen-bond acceptors (Lipinski definition) is 3. The van der Waals surface area contributed by atoms with E-state index in [1.54, 1.807) is 6.07 Å². The second-order valence-electron chi connectivity index (χ2n) is 4.95. The Kier molecular flexibility index (Phi) is 4.03. The number of aryl methyl sites for hydroxylation is 1. The molecule has 0 unspecified atom stereocenters. The summed E-state index contributed by atoms with van der Waals surface area (Å²) in [5.74, 6) is 0.137. The topological polar surface area (TPSA) is 59.4 Å². The van der Waals surface area contributed by atoms with Crippen LogP contribution in [0.1, 0.15) is 41.4 Å². The Morgan fingerprint density at radius 1 is 1.25 bits per heavy atom. The van der Waals surface area contributed by atoms with Gasteiger partial charge in [0, 0.05) is 11.8 Å². The lowest BCUT2D eigenvalue weighted by atomic mass is 10.1. The number of aromatic nitrogens is 1. The lowest BCUT2D eigenvalue weighted by molar-refractivity contribution is 0.0696. The molecule has 104 valence electrons. The van der Waals surface area contributed by atoms with Gasteiger partial charge in [-0.3, -0.25) is 0 Å². The van der Waals surface area contributed by atoms with Crippen LogP contribution in [-0.4, -0.2) is 16.1 Å². The van der Waals surface area contributed by atoms with E-state index in [-0.39, 0.29) is 11.5 Å². The third kappa shape index (κ3) is 3.15. The molecule has 0 saturated heterocycles. The van der Waals surface area contributed by atoms with Crippen molar-refractivity contribution in [1.82, 2.24) is 4.98 Å². The number of aromatic carboxylic acids is 1. The van der Waals surface area contributed by atoms with Gasteiger partial charge in [-0.05, 0) is 30.5 Å². The first-order valence-electron chi connectivity index (χ1n) is 6.46. The number of carbonyl (C=O) groups is 1. The molecule has 0 atom stereocenters. The second-order valence-corrected chi connectivity index (χ2v) is 4.95. The van der Waals surface area contributed by atoms with E-state index < -0.39 is 5.97 Å². The van der Waals surface area contributed by atoms with Gasteiger partial charge in [0.2, 0.25) is 5.88 Å². The Labute approximate surface area is 118 Å². The van der Waals surface area contributed by atoms with E-state index in [4.69, 9.17) is 9.84 Å². The van der Waals surface area contributed by atoms with E-state index in [0.29, 0.717) is 17.3 Å². The minimum Gasteiger partial charge on any atom is -0.478 e. The molecule has 20 heavy (non-hydrogen) atoms. The van der Waals surface area contributed by atoms with Gasteiger partial charge in [0.25, 0.3) is 0 Å². The zero-order valence-electron chi connectivity index (χ0n) is 11.8. The average Bonchev–Trinajstić information content (AvgIpc) is 2.41. The average molecular weight is 271 g/mol. The fourth-order valence-electron chi connectivity index (χ4n) is 1.78.